The Labute approximate surface area is 191 Å². The van der Waals surface area contributed by atoms with Gasteiger partial charge >= 0.3 is 0 Å². The maximum Gasteiger partial charge on any atom is 0.261 e. The van der Waals surface area contributed by atoms with Crippen molar-refractivity contribution in [1.82, 2.24) is 10.2 Å². The third-order valence-electron chi connectivity index (χ3n) is 5.28. The highest BCUT2D eigenvalue weighted by Crippen LogP contribution is 2.17. The van der Waals surface area contributed by atoms with E-state index in [1.54, 1.807) is 12.0 Å². The van der Waals surface area contributed by atoms with Crippen LogP contribution >= 0.6 is 0 Å². The monoisotopic (exact) mass is 440 g/mol. The van der Waals surface area contributed by atoms with E-state index >= 15 is 0 Å². The van der Waals surface area contributed by atoms with Crippen molar-refractivity contribution in [2.45, 2.75) is 53.1 Å². The van der Waals surface area contributed by atoms with Crippen LogP contribution in [0.5, 0.6) is 11.5 Å². The number of rotatable bonds is 12. The number of aryl methyl sites for hydroxylation is 1. The first-order chi connectivity index (χ1) is 15.4. The molecule has 1 unspecified atom stereocenters. The second-order valence-corrected chi connectivity index (χ2v) is 8.22. The van der Waals surface area contributed by atoms with Gasteiger partial charge in [-0.2, -0.15) is 0 Å². The molecule has 2 amide bonds. The zero-order valence-electron chi connectivity index (χ0n) is 19.9. The summed E-state index contributed by atoms with van der Waals surface area (Å²) in [5.41, 5.74) is 2.12. The minimum Gasteiger partial charge on any atom is -0.497 e. The van der Waals surface area contributed by atoms with Gasteiger partial charge in [-0.25, -0.2) is 0 Å². The van der Waals surface area contributed by atoms with Crippen molar-refractivity contribution >= 4 is 11.8 Å². The number of hydrogen-bond acceptors (Lipinski definition) is 4. The highest BCUT2D eigenvalue weighted by Gasteiger charge is 2.29. The Morgan fingerprint density at radius 2 is 1.53 bits per heavy atom. The molecule has 0 bridgehead atoms. The van der Waals surface area contributed by atoms with Gasteiger partial charge in [-0.15, -0.1) is 0 Å². The summed E-state index contributed by atoms with van der Waals surface area (Å²) in [5.74, 6) is 1.34. The molecule has 2 aromatic rings. The van der Waals surface area contributed by atoms with Crippen LogP contribution in [0.25, 0.3) is 0 Å². The van der Waals surface area contributed by atoms with Crippen LogP contribution in [0.3, 0.4) is 0 Å². The number of nitrogens with one attached hydrogen (secondary N) is 1. The second kappa shape index (κ2) is 12.7. The van der Waals surface area contributed by atoms with E-state index in [-0.39, 0.29) is 18.4 Å². The lowest BCUT2D eigenvalue weighted by Gasteiger charge is -2.31. The Morgan fingerprint density at radius 3 is 2.06 bits per heavy atom. The van der Waals surface area contributed by atoms with E-state index in [1.807, 2.05) is 69.3 Å². The Bertz CT molecular complexity index is 847. The van der Waals surface area contributed by atoms with Crippen molar-refractivity contribution in [2.75, 3.05) is 20.3 Å². The molecule has 0 saturated heterocycles. The number of hydrogen-bond donors (Lipinski definition) is 1. The number of methoxy groups -OCH3 is 1. The fraction of sp³-hybridized carbons (Fsp3) is 0.462. The average molecular weight is 441 g/mol. The van der Waals surface area contributed by atoms with Gasteiger partial charge in [0.15, 0.2) is 6.61 Å². The molecule has 0 fully saturated rings. The maximum absolute atomic E-state index is 13.2. The van der Waals surface area contributed by atoms with E-state index in [9.17, 15) is 9.59 Å². The van der Waals surface area contributed by atoms with Crippen molar-refractivity contribution in [2.24, 2.45) is 5.92 Å². The molecular weight excluding hydrogens is 404 g/mol. The second-order valence-electron chi connectivity index (χ2n) is 8.22. The molecule has 0 aliphatic rings. The Kier molecular flexibility index (Phi) is 10.1. The Balaban J connectivity index is 2.17. The molecule has 2 aromatic carbocycles. The molecule has 32 heavy (non-hydrogen) atoms. The predicted molar refractivity (Wildman–Crippen MR) is 127 cm³/mol. The lowest BCUT2D eigenvalue weighted by Crippen LogP contribution is -2.50. The topological polar surface area (TPSA) is 67.9 Å². The minimum absolute atomic E-state index is 0.129. The SMILES string of the molecule is CCc1ccc(OCC(=O)N(Cc2ccc(OC)cc2)C(CC)C(=O)NCC(C)C)cc1. The normalized spacial score (nSPS) is 11.7. The molecule has 0 spiro atoms. The Hall–Kier alpha value is -3.02. The summed E-state index contributed by atoms with van der Waals surface area (Å²) in [6, 6.07) is 14.7. The van der Waals surface area contributed by atoms with E-state index in [0.29, 0.717) is 31.2 Å². The summed E-state index contributed by atoms with van der Waals surface area (Å²) < 4.78 is 11.0. The summed E-state index contributed by atoms with van der Waals surface area (Å²) >= 11 is 0. The maximum atomic E-state index is 13.2. The molecular formula is C26H36N2O4. The smallest absolute Gasteiger partial charge is 0.261 e. The summed E-state index contributed by atoms with van der Waals surface area (Å²) in [5, 5.41) is 2.97. The molecule has 6 nitrogen and oxygen atoms in total. The van der Waals surface area contributed by atoms with Gasteiger partial charge in [0.1, 0.15) is 17.5 Å². The zero-order valence-corrected chi connectivity index (χ0v) is 19.9. The van der Waals surface area contributed by atoms with Gasteiger partial charge in [-0.1, -0.05) is 52.0 Å². The van der Waals surface area contributed by atoms with Gasteiger partial charge in [0.05, 0.1) is 7.11 Å². The van der Waals surface area contributed by atoms with E-state index in [4.69, 9.17) is 9.47 Å². The summed E-state index contributed by atoms with van der Waals surface area (Å²) in [6.45, 7) is 8.84. The van der Waals surface area contributed by atoms with E-state index in [1.165, 1.54) is 5.56 Å². The molecule has 0 heterocycles. The van der Waals surface area contributed by atoms with Crippen LogP contribution in [0.15, 0.2) is 48.5 Å². The van der Waals surface area contributed by atoms with Crippen molar-refractivity contribution in [3.05, 3.63) is 59.7 Å². The van der Waals surface area contributed by atoms with Crippen molar-refractivity contribution in [1.29, 1.82) is 0 Å². The summed E-state index contributed by atoms with van der Waals surface area (Å²) in [7, 11) is 1.61. The quantitative estimate of drug-likeness (QED) is 0.537. The highest BCUT2D eigenvalue weighted by molar-refractivity contribution is 5.88. The predicted octanol–water partition coefficient (Wildman–Crippen LogP) is 4.22. The van der Waals surface area contributed by atoms with Crippen LogP contribution in [0, 0.1) is 5.92 Å². The number of nitrogens with zero attached hydrogens (tertiary/aromatic N) is 1. The standard InChI is InChI=1S/C26H36N2O4/c1-6-20-8-14-23(15-9-20)32-18-25(29)28(17-21-10-12-22(31-5)13-11-21)24(7-2)26(30)27-16-19(3)4/h8-15,19,24H,6-7,16-18H2,1-5H3,(H,27,30). The van der Waals surface area contributed by atoms with E-state index < -0.39 is 6.04 Å². The first kappa shape index (κ1) is 25.2. The molecule has 2 rings (SSSR count). The minimum atomic E-state index is -0.575. The van der Waals surface area contributed by atoms with Gasteiger partial charge in [0.2, 0.25) is 5.91 Å². The van der Waals surface area contributed by atoms with Gasteiger partial charge in [-0.05, 0) is 54.2 Å². The molecule has 0 aliphatic heterocycles. The molecule has 0 aromatic heterocycles. The van der Waals surface area contributed by atoms with E-state index in [2.05, 4.69) is 12.2 Å². The Morgan fingerprint density at radius 1 is 0.938 bits per heavy atom. The van der Waals surface area contributed by atoms with E-state index in [0.717, 1.165) is 17.7 Å². The largest absolute Gasteiger partial charge is 0.497 e. The fourth-order valence-corrected chi connectivity index (χ4v) is 3.32. The molecule has 1 N–H and O–H groups in total. The highest BCUT2D eigenvalue weighted by atomic mass is 16.5. The number of amides is 2. The molecule has 1 atom stereocenters. The van der Waals surface area contributed by atoms with Crippen LogP contribution < -0.4 is 14.8 Å². The van der Waals surface area contributed by atoms with Gasteiger partial charge in [0, 0.05) is 13.1 Å². The third kappa shape index (κ3) is 7.59. The average Bonchev–Trinajstić information content (AvgIpc) is 2.81. The molecule has 174 valence electrons. The number of carbonyl (C=O) groups is 2. The number of benzene rings is 2. The van der Waals surface area contributed by atoms with Crippen LogP contribution in [0.4, 0.5) is 0 Å². The number of ether oxygens (including phenoxy) is 2. The third-order valence-corrected chi connectivity index (χ3v) is 5.28. The van der Waals surface area contributed by atoms with Crippen LogP contribution in [0.2, 0.25) is 0 Å². The first-order valence-electron chi connectivity index (χ1n) is 11.3. The van der Waals surface area contributed by atoms with Crippen molar-refractivity contribution in [3.63, 3.8) is 0 Å². The molecule has 0 aliphatic carbocycles. The van der Waals surface area contributed by atoms with Crippen LogP contribution in [0.1, 0.15) is 45.2 Å². The van der Waals surface area contributed by atoms with Gasteiger partial charge in [0.25, 0.3) is 5.91 Å². The van der Waals surface area contributed by atoms with Gasteiger partial charge < -0.3 is 19.7 Å². The number of carbonyl (C=O) groups excluding carboxylic acids is 2. The summed E-state index contributed by atoms with van der Waals surface area (Å²) in [4.78, 5) is 27.7. The first-order valence-corrected chi connectivity index (χ1v) is 11.3. The summed E-state index contributed by atoms with van der Waals surface area (Å²) in [6.07, 6.45) is 1.45. The lowest BCUT2D eigenvalue weighted by molar-refractivity contribution is -0.143. The van der Waals surface area contributed by atoms with Crippen LogP contribution in [-0.4, -0.2) is 43.0 Å². The molecule has 0 saturated carbocycles. The lowest BCUT2D eigenvalue weighted by atomic mass is 10.1. The van der Waals surface area contributed by atoms with Gasteiger partial charge in [-0.3, -0.25) is 9.59 Å². The van der Waals surface area contributed by atoms with Crippen molar-refractivity contribution in [3.8, 4) is 11.5 Å². The molecule has 6 heteroatoms. The van der Waals surface area contributed by atoms with Crippen LogP contribution in [-0.2, 0) is 22.6 Å². The fourth-order valence-electron chi connectivity index (χ4n) is 3.32. The zero-order chi connectivity index (χ0) is 23.5. The molecule has 0 radical (unpaired) electrons. The van der Waals surface area contributed by atoms with Crippen molar-refractivity contribution < 1.29 is 19.1 Å².